The van der Waals surface area contributed by atoms with Gasteiger partial charge in [0.25, 0.3) is 0 Å². The van der Waals surface area contributed by atoms with Gasteiger partial charge in [-0.15, -0.1) is 0 Å². The first-order valence-corrected chi connectivity index (χ1v) is 9.07. The van der Waals surface area contributed by atoms with Crippen LogP contribution in [0.5, 0.6) is 0 Å². The van der Waals surface area contributed by atoms with Gasteiger partial charge in [-0.25, -0.2) is 4.68 Å². The summed E-state index contributed by atoms with van der Waals surface area (Å²) in [4.78, 5) is 4.12. The van der Waals surface area contributed by atoms with Crippen LogP contribution in [-0.4, -0.2) is 55.0 Å². The second kappa shape index (κ2) is 8.07. The summed E-state index contributed by atoms with van der Waals surface area (Å²) in [7, 11) is 0. The fourth-order valence-electron chi connectivity index (χ4n) is 3.26. The third-order valence-electron chi connectivity index (χ3n) is 4.76. The summed E-state index contributed by atoms with van der Waals surface area (Å²) in [5.74, 6) is 0. The smallest absolute Gasteiger partial charge is 0.179 e. The molecule has 1 aromatic carbocycles. The Morgan fingerprint density at radius 2 is 1.89 bits per heavy atom. The van der Waals surface area contributed by atoms with Crippen molar-refractivity contribution in [1.82, 2.24) is 14.8 Å². The lowest BCUT2D eigenvalue weighted by Gasteiger charge is -2.14. The number of ether oxygens (including phenoxy) is 1. The van der Waals surface area contributed by atoms with Crippen LogP contribution in [0.1, 0.15) is 11.8 Å². The Hall–Kier alpha value is -2.78. The summed E-state index contributed by atoms with van der Waals surface area (Å²) in [5, 5.41) is 37.6. The van der Waals surface area contributed by atoms with Gasteiger partial charge in [0, 0.05) is 24.5 Å². The highest BCUT2D eigenvalue weighted by Gasteiger charge is 2.44. The predicted molar refractivity (Wildman–Crippen MR) is 102 cm³/mol. The fourth-order valence-corrected chi connectivity index (χ4v) is 3.26. The van der Waals surface area contributed by atoms with Gasteiger partial charge in [0.15, 0.2) is 6.23 Å². The maximum atomic E-state index is 10.3. The van der Waals surface area contributed by atoms with Crippen LogP contribution < -0.4 is 5.32 Å². The molecule has 8 nitrogen and oxygen atoms in total. The van der Waals surface area contributed by atoms with Crippen LogP contribution >= 0.6 is 0 Å². The first-order chi connectivity index (χ1) is 13.7. The average molecular weight is 382 g/mol. The molecule has 4 N–H and O–H groups in total. The lowest BCUT2D eigenvalue weighted by molar-refractivity contribution is -0.0584. The number of aromatic nitrogens is 3. The van der Waals surface area contributed by atoms with Crippen molar-refractivity contribution in [3.63, 3.8) is 0 Å². The zero-order valence-corrected chi connectivity index (χ0v) is 15.1. The molecule has 0 bridgehead atoms. The van der Waals surface area contributed by atoms with Crippen LogP contribution in [0.4, 0.5) is 5.69 Å². The molecule has 146 valence electrons. The summed E-state index contributed by atoms with van der Waals surface area (Å²) < 4.78 is 7.08. The Bertz CT molecular complexity index is 903. The number of nitrogens with one attached hydrogen (secondary N) is 1. The number of benzene rings is 1. The Kier molecular flexibility index (Phi) is 5.36. The van der Waals surface area contributed by atoms with Crippen LogP contribution in [0, 0.1) is 0 Å². The molecule has 4 rings (SSSR count). The van der Waals surface area contributed by atoms with Gasteiger partial charge in [0.1, 0.15) is 24.0 Å². The fraction of sp³-hybridized carbons (Fsp3) is 0.300. The molecule has 3 heterocycles. The van der Waals surface area contributed by atoms with Crippen LogP contribution in [0.2, 0.25) is 0 Å². The highest BCUT2D eigenvalue weighted by molar-refractivity contribution is 5.73. The van der Waals surface area contributed by atoms with Crippen LogP contribution in [-0.2, 0) is 11.3 Å². The first kappa shape index (κ1) is 18.6. The summed E-state index contributed by atoms with van der Waals surface area (Å²) in [6, 6.07) is 13.5. The van der Waals surface area contributed by atoms with Crippen molar-refractivity contribution in [3.05, 3.63) is 66.6 Å². The van der Waals surface area contributed by atoms with Crippen LogP contribution in [0.15, 0.2) is 61.1 Å². The van der Waals surface area contributed by atoms with Crippen molar-refractivity contribution in [2.75, 3.05) is 11.9 Å². The highest BCUT2D eigenvalue weighted by Crippen LogP contribution is 2.33. The minimum atomic E-state index is -1.19. The number of hydrogen-bond acceptors (Lipinski definition) is 7. The van der Waals surface area contributed by atoms with Crippen LogP contribution in [0.25, 0.3) is 11.3 Å². The molecule has 1 saturated heterocycles. The summed E-state index contributed by atoms with van der Waals surface area (Å²) >= 11 is 0. The van der Waals surface area contributed by atoms with Gasteiger partial charge in [0.05, 0.1) is 18.5 Å². The van der Waals surface area contributed by atoms with Crippen molar-refractivity contribution in [3.8, 4) is 11.3 Å². The average Bonchev–Trinajstić information content (AvgIpc) is 3.29. The van der Waals surface area contributed by atoms with Gasteiger partial charge in [-0.2, -0.15) is 5.10 Å². The number of aliphatic hydroxyl groups excluding tert-OH is 3. The number of pyridine rings is 1. The zero-order valence-electron chi connectivity index (χ0n) is 15.1. The molecule has 1 aliphatic heterocycles. The molecule has 0 spiro atoms. The lowest BCUT2D eigenvalue weighted by Crippen LogP contribution is -2.33. The van der Waals surface area contributed by atoms with E-state index in [1.165, 1.54) is 4.68 Å². The third kappa shape index (κ3) is 3.63. The standard InChI is InChI=1S/C20H22N4O4/c25-12-16-18(26)19(27)20(28-16)24-11-15(22-10-13-5-4-8-21-9-13)17(23-24)14-6-2-1-3-7-14/h1-9,11,16,18-20,22,25-27H,10,12H2/t16-,18+,19+,20+/m0/s1. The lowest BCUT2D eigenvalue weighted by atomic mass is 10.1. The Morgan fingerprint density at radius 1 is 1.07 bits per heavy atom. The second-order valence-electron chi connectivity index (χ2n) is 6.68. The summed E-state index contributed by atoms with van der Waals surface area (Å²) in [6.45, 7) is 0.170. The normalized spacial score (nSPS) is 24.4. The Labute approximate surface area is 162 Å². The number of nitrogens with zero attached hydrogens (tertiary/aromatic N) is 3. The molecule has 0 aliphatic carbocycles. The van der Waals surface area contributed by atoms with Crippen molar-refractivity contribution < 1.29 is 20.1 Å². The minimum absolute atomic E-state index is 0.381. The van der Waals surface area contributed by atoms with E-state index in [4.69, 9.17) is 4.74 Å². The zero-order chi connectivity index (χ0) is 19.5. The molecule has 4 atom stereocenters. The van der Waals surface area contributed by atoms with Crippen molar-refractivity contribution >= 4 is 5.69 Å². The molecule has 0 saturated carbocycles. The molecule has 8 heteroatoms. The van der Waals surface area contributed by atoms with Gasteiger partial charge in [-0.05, 0) is 11.6 Å². The van der Waals surface area contributed by atoms with Crippen molar-refractivity contribution in [1.29, 1.82) is 0 Å². The minimum Gasteiger partial charge on any atom is -0.394 e. The van der Waals surface area contributed by atoms with E-state index in [0.717, 1.165) is 16.8 Å². The van der Waals surface area contributed by atoms with E-state index in [1.54, 1.807) is 18.6 Å². The molecule has 3 aromatic rings. The van der Waals surface area contributed by atoms with Crippen LogP contribution in [0.3, 0.4) is 0 Å². The highest BCUT2D eigenvalue weighted by atomic mass is 16.6. The van der Waals surface area contributed by atoms with Gasteiger partial charge in [0.2, 0.25) is 0 Å². The van der Waals surface area contributed by atoms with E-state index in [0.29, 0.717) is 12.2 Å². The maximum absolute atomic E-state index is 10.3. The monoisotopic (exact) mass is 382 g/mol. The summed E-state index contributed by atoms with van der Waals surface area (Å²) in [5.41, 5.74) is 3.37. The molecule has 1 aliphatic rings. The van der Waals surface area contributed by atoms with E-state index >= 15 is 0 Å². The Balaban J connectivity index is 1.64. The quantitative estimate of drug-likeness (QED) is 0.506. The molecule has 2 aromatic heterocycles. The molecule has 0 radical (unpaired) electrons. The largest absolute Gasteiger partial charge is 0.394 e. The second-order valence-corrected chi connectivity index (χ2v) is 6.68. The number of anilines is 1. The van der Waals surface area contributed by atoms with E-state index in [1.807, 2.05) is 42.5 Å². The van der Waals surface area contributed by atoms with E-state index < -0.39 is 24.5 Å². The molecular formula is C20H22N4O4. The SMILES string of the molecule is OC[C@@H]1O[C@@H](n2cc(NCc3cccnc3)c(-c3ccccc3)n2)[C@H](O)[C@@H]1O. The van der Waals surface area contributed by atoms with Gasteiger partial charge < -0.3 is 25.4 Å². The molecular weight excluding hydrogens is 360 g/mol. The van der Waals surface area contributed by atoms with Gasteiger partial charge in [-0.3, -0.25) is 4.98 Å². The van der Waals surface area contributed by atoms with Crippen molar-refractivity contribution in [2.45, 2.75) is 31.1 Å². The molecule has 28 heavy (non-hydrogen) atoms. The summed E-state index contributed by atoms with van der Waals surface area (Å²) in [6.07, 6.45) is 1.14. The van der Waals surface area contributed by atoms with E-state index in [9.17, 15) is 15.3 Å². The predicted octanol–water partition coefficient (Wildman–Crippen LogP) is 1.17. The number of aliphatic hydroxyl groups is 3. The van der Waals surface area contributed by atoms with Gasteiger partial charge >= 0.3 is 0 Å². The molecule has 0 amide bonds. The number of rotatable bonds is 6. The van der Waals surface area contributed by atoms with Gasteiger partial charge in [-0.1, -0.05) is 36.4 Å². The molecule has 0 unspecified atom stereocenters. The van der Waals surface area contributed by atoms with E-state index in [2.05, 4.69) is 15.4 Å². The molecule has 1 fully saturated rings. The third-order valence-corrected chi connectivity index (χ3v) is 4.76. The van der Waals surface area contributed by atoms with Crippen molar-refractivity contribution in [2.24, 2.45) is 0 Å². The first-order valence-electron chi connectivity index (χ1n) is 9.07. The Morgan fingerprint density at radius 3 is 2.57 bits per heavy atom. The number of hydrogen-bond donors (Lipinski definition) is 4. The topological polar surface area (TPSA) is 113 Å². The maximum Gasteiger partial charge on any atom is 0.179 e. The van der Waals surface area contributed by atoms with E-state index in [-0.39, 0.29) is 6.61 Å².